The molecule has 0 radical (unpaired) electrons. The first-order chi connectivity index (χ1) is 5.20. The number of rotatable bonds is 1. The molecule has 1 aliphatic rings. The smallest absolute Gasteiger partial charge is 0.222 e. The zero-order valence-corrected chi connectivity index (χ0v) is 6.74. The standard InChI is InChI=1S/C8H12N2O/c1-4-5(2)8(4)6-3-7(9)11-10-6/h3-5,8H,9H2,1-2H3/t4-,5+,8+. The van der Waals surface area contributed by atoms with Gasteiger partial charge in [-0.05, 0) is 11.8 Å². The highest BCUT2D eigenvalue weighted by atomic mass is 16.5. The summed E-state index contributed by atoms with van der Waals surface area (Å²) in [6.45, 7) is 4.44. The summed E-state index contributed by atoms with van der Waals surface area (Å²) in [7, 11) is 0. The molecule has 3 atom stereocenters. The predicted molar refractivity (Wildman–Crippen MR) is 42.0 cm³/mol. The number of hydrogen-bond acceptors (Lipinski definition) is 3. The SMILES string of the molecule is C[C@@H]1[C@H](C)[C@H]1c1cc(N)on1. The van der Waals surface area contributed by atoms with Crippen molar-refractivity contribution in [3.05, 3.63) is 11.8 Å². The van der Waals surface area contributed by atoms with Crippen molar-refractivity contribution < 1.29 is 4.52 Å². The summed E-state index contributed by atoms with van der Waals surface area (Å²) in [4.78, 5) is 0. The van der Waals surface area contributed by atoms with Gasteiger partial charge in [0.2, 0.25) is 5.88 Å². The van der Waals surface area contributed by atoms with Gasteiger partial charge in [-0.2, -0.15) is 0 Å². The largest absolute Gasteiger partial charge is 0.368 e. The molecule has 11 heavy (non-hydrogen) atoms. The van der Waals surface area contributed by atoms with Crippen LogP contribution < -0.4 is 5.73 Å². The van der Waals surface area contributed by atoms with E-state index in [2.05, 4.69) is 19.0 Å². The van der Waals surface area contributed by atoms with E-state index in [0.29, 0.717) is 11.8 Å². The van der Waals surface area contributed by atoms with Gasteiger partial charge in [0, 0.05) is 12.0 Å². The Morgan fingerprint density at radius 2 is 2.09 bits per heavy atom. The lowest BCUT2D eigenvalue weighted by atomic mass is 10.2. The van der Waals surface area contributed by atoms with E-state index in [4.69, 9.17) is 10.3 Å². The Bertz CT molecular complexity index is 261. The molecule has 0 bridgehead atoms. The Morgan fingerprint density at radius 3 is 2.45 bits per heavy atom. The van der Waals surface area contributed by atoms with Crippen molar-refractivity contribution in [1.29, 1.82) is 0 Å². The number of nitrogen functional groups attached to an aromatic ring is 1. The van der Waals surface area contributed by atoms with E-state index in [1.807, 2.05) is 6.07 Å². The fourth-order valence-electron chi connectivity index (χ4n) is 1.66. The van der Waals surface area contributed by atoms with Gasteiger partial charge in [0.1, 0.15) is 0 Å². The molecule has 60 valence electrons. The molecule has 3 nitrogen and oxygen atoms in total. The molecule has 0 unspecified atom stereocenters. The fraction of sp³-hybridized carbons (Fsp3) is 0.625. The van der Waals surface area contributed by atoms with Crippen molar-refractivity contribution in [2.75, 3.05) is 5.73 Å². The maximum Gasteiger partial charge on any atom is 0.222 e. The Kier molecular flexibility index (Phi) is 1.22. The zero-order valence-electron chi connectivity index (χ0n) is 6.74. The molecular weight excluding hydrogens is 140 g/mol. The van der Waals surface area contributed by atoms with E-state index >= 15 is 0 Å². The first-order valence-electron chi connectivity index (χ1n) is 3.92. The number of nitrogens with two attached hydrogens (primary N) is 1. The van der Waals surface area contributed by atoms with Gasteiger partial charge in [0.05, 0.1) is 5.69 Å². The van der Waals surface area contributed by atoms with E-state index in [1.165, 1.54) is 0 Å². The average molecular weight is 152 g/mol. The van der Waals surface area contributed by atoms with Crippen LogP contribution in [-0.2, 0) is 0 Å². The highest BCUT2D eigenvalue weighted by Crippen LogP contribution is 2.52. The van der Waals surface area contributed by atoms with Gasteiger partial charge in [-0.25, -0.2) is 0 Å². The van der Waals surface area contributed by atoms with Crippen LogP contribution in [0, 0.1) is 11.8 Å². The van der Waals surface area contributed by atoms with Crippen molar-refractivity contribution >= 4 is 5.88 Å². The maximum atomic E-state index is 5.41. The molecule has 2 rings (SSSR count). The number of aromatic nitrogens is 1. The summed E-state index contributed by atoms with van der Waals surface area (Å²) < 4.78 is 4.79. The molecule has 0 amide bonds. The second-order valence-corrected chi connectivity index (χ2v) is 3.40. The minimum Gasteiger partial charge on any atom is -0.368 e. The fourth-order valence-corrected chi connectivity index (χ4v) is 1.66. The molecule has 3 heteroatoms. The Morgan fingerprint density at radius 1 is 1.45 bits per heavy atom. The Hall–Kier alpha value is -0.990. The van der Waals surface area contributed by atoms with Crippen molar-refractivity contribution in [3.63, 3.8) is 0 Å². The molecule has 1 aromatic rings. The molecular formula is C8H12N2O. The zero-order chi connectivity index (χ0) is 8.01. The van der Waals surface area contributed by atoms with Crippen LogP contribution in [0.4, 0.5) is 5.88 Å². The van der Waals surface area contributed by atoms with E-state index < -0.39 is 0 Å². The molecule has 0 saturated heterocycles. The highest BCUT2D eigenvalue weighted by molar-refractivity contribution is 5.30. The Labute approximate surface area is 65.6 Å². The van der Waals surface area contributed by atoms with Crippen LogP contribution in [0.5, 0.6) is 0 Å². The summed E-state index contributed by atoms with van der Waals surface area (Å²) in [5.74, 6) is 2.47. The van der Waals surface area contributed by atoms with Crippen molar-refractivity contribution in [2.45, 2.75) is 19.8 Å². The van der Waals surface area contributed by atoms with Crippen molar-refractivity contribution in [2.24, 2.45) is 11.8 Å². The van der Waals surface area contributed by atoms with Crippen LogP contribution in [0.15, 0.2) is 10.6 Å². The van der Waals surface area contributed by atoms with Gasteiger partial charge in [0.15, 0.2) is 0 Å². The monoisotopic (exact) mass is 152 g/mol. The molecule has 0 aliphatic heterocycles. The molecule has 0 aromatic carbocycles. The summed E-state index contributed by atoms with van der Waals surface area (Å²) in [6, 6.07) is 1.82. The van der Waals surface area contributed by atoms with E-state index in [-0.39, 0.29) is 0 Å². The van der Waals surface area contributed by atoms with Gasteiger partial charge in [-0.15, -0.1) is 0 Å². The van der Waals surface area contributed by atoms with Crippen LogP contribution >= 0.6 is 0 Å². The number of nitrogens with zero attached hydrogens (tertiary/aromatic N) is 1. The van der Waals surface area contributed by atoms with Crippen LogP contribution in [-0.4, -0.2) is 5.16 Å². The summed E-state index contributed by atoms with van der Waals surface area (Å²) >= 11 is 0. The first-order valence-corrected chi connectivity index (χ1v) is 3.92. The Balaban J connectivity index is 2.19. The van der Waals surface area contributed by atoms with Crippen LogP contribution in [0.3, 0.4) is 0 Å². The van der Waals surface area contributed by atoms with Crippen LogP contribution in [0.25, 0.3) is 0 Å². The first kappa shape index (κ1) is 6.70. The van der Waals surface area contributed by atoms with E-state index in [1.54, 1.807) is 0 Å². The quantitative estimate of drug-likeness (QED) is 0.665. The number of anilines is 1. The topological polar surface area (TPSA) is 52.0 Å². The molecule has 0 spiro atoms. The molecule has 1 fully saturated rings. The van der Waals surface area contributed by atoms with Crippen molar-refractivity contribution in [3.8, 4) is 0 Å². The number of hydrogen-bond donors (Lipinski definition) is 1. The van der Waals surface area contributed by atoms with Gasteiger partial charge in [-0.3, -0.25) is 0 Å². The minimum atomic E-state index is 0.423. The third kappa shape index (κ3) is 0.914. The second-order valence-electron chi connectivity index (χ2n) is 3.40. The lowest BCUT2D eigenvalue weighted by Crippen LogP contribution is -1.80. The third-order valence-electron chi connectivity index (χ3n) is 2.71. The van der Waals surface area contributed by atoms with Crippen LogP contribution in [0.1, 0.15) is 25.5 Å². The summed E-state index contributed by atoms with van der Waals surface area (Å²) in [5, 5.41) is 3.88. The second kappa shape index (κ2) is 2.00. The normalized spacial score (nSPS) is 35.6. The highest BCUT2D eigenvalue weighted by Gasteiger charge is 2.45. The van der Waals surface area contributed by atoms with Gasteiger partial charge >= 0.3 is 0 Å². The lowest BCUT2D eigenvalue weighted by molar-refractivity contribution is 0.426. The maximum absolute atomic E-state index is 5.41. The van der Waals surface area contributed by atoms with Crippen molar-refractivity contribution in [1.82, 2.24) is 5.16 Å². The lowest BCUT2D eigenvalue weighted by Gasteiger charge is -1.84. The molecule has 1 heterocycles. The van der Waals surface area contributed by atoms with Gasteiger partial charge in [-0.1, -0.05) is 19.0 Å². The average Bonchev–Trinajstić information content (AvgIpc) is 2.44. The van der Waals surface area contributed by atoms with Gasteiger partial charge < -0.3 is 10.3 Å². The molecule has 1 aromatic heterocycles. The van der Waals surface area contributed by atoms with Gasteiger partial charge in [0.25, 0.3) is 0 Å². The minimum absolute atomic E-state index is 0.423. The molecule has 1 saturated carbocycles. The van der Waals surface area contributed by atoms with Crippen LogP contribution in [0.2, 0.25) is 0 Å². The third-order valence-corrected chi connectivity index (χ3v) is 2.71. The summed E-state index contributed by atoms with van der Waals surface area (Å²) in [6.07, 6.45) is 0. The van der Waals surface area contributed by atoms with E-state index in [0.717, 1.165) is 17.5 Å². The predicted octanol–water partition coefficient (Wildman–Crippen LogP) is 1.63. The van der Waals surface area contributed by atoms with E-state index in [9.17, 15) is 0 Å². The summed E-state index contributed by atoms with van der Waals surface area (Å²) in [5.41, 5.74) is 6.42. The molecule has 1 aliphatic carbocycles. The molecule has 2 N–H and O–H groups in total.